The van der Waals surface area contributed by atoms with Crippen LogP contribution in [0.1, 0.15) is 17.3 Å². The van der Waals surface area contributed by atoms with Crippen LogP contribution < -0.4 is 5.32 Å². The number of hydrogen-bond donors (Lipinski definition) is 1. The van der Waals surface area contributed by atoms with E-state index in [0.29, 0.717) is 41.2 Å². The van der Waals surface area contributed by atoms with E-state index in [9.17, 15) is 0 Å². The molecule has 1 N–H and O–H groups in total. The van der Waals surface area contributed by atoms with Crippen molar-refractivity contribution in [3.05, 3.63) is 45.5 Å². The third-order valence-corrected chi connectivity index (χ3v) is 4.01. The van der Waals surface area contributed by atoms with E-state index in [4.69, 9.17) is 32.5 Å². The van der Waals surface area contributed by atoms with Gasteiger partial charge in [-0.25, -0.2) is 0 Å². The number of halogens is 2. The Morgan fingerprint density at radius 1 is 1.29 bits per heavy atom. The minimum atomic E-state index is 0.233. The summed E-state index contributed by atoms with van der Waals surface area (Å²) in [4.78, 5) is 4.40. The van der Waals surface area contributed by atoms with Crippen LogP contribution in [-0.2, 0) is 17.6 Å². The smallest absolute Gasteiger partial charge is 0.228 e. The fourth-order valence-corrected chi connectivity index (χ4v) is 2.56. The van der Waals surface area contributed by atoms with Crippen LogP contribution in [0.15, 0.2) is 22.7 Å². The maximum atomic E-state index is 6.00. The predicted molar refractivity (Wildman–Crippen MR) is 79.9 cm³/mol. The maximum Gasteiger partial charge on any atom is 0.228 e. The lowest BCUT2D eigenvalue weighted by molar-refractivity contribution is 0.0744. The van der Waals surface area contributed by atoms with E-state index >= 15 is 0 Å². The van der Waals surface area contributed by atoms with Gasteiger partial charge in [-0.2, -0.15) is 4.98 Å². The molecule has 2 heterocycles. The number of morpholine rings is 1. The molecule has 21 heavy (non-hydrogen) atoms. The van der Waals surface area contributed by atoms with Gasteiger partial charge < -0.3 is 14.6 Å². The molecule has 0 amide bonds. The molecule has 1 unspecified atom stereocenters. The summed E-state index contributed by atoms with van der Waals surface area (Å²) in [7, 11) is 0. The average Bonchev–Trinajstić information content (AvgIpc) is 2.91. The van der Waals surface area contributed by atoms with Gasteiger partial charge >= 0.3 is 0 Å². The molecule has 5 nitrogen and oxygen atoms in total. The van der Waals surface area contributed by atoms with Gasteiger partial charge in [-0.3, -0.25) is 0 Å². The van der Waals surface area contributed by atoms with Crippen molar-refractivity contribution >= 4 is 23.2 Å². The van der Waals surface area contributed by atoms with Crippen molar-refractivity contribution in [3.8, 4) is 0 Å². The van der Waals surface area contributed by atoms with E-state index in [2.05, 4.69) is 15.5 Å². The molecular weight excluding hydrogens is 313 g/mol. The van der Waals surface area contributed by atoms with E-state index in [-0.39, 0.29) is 6.04 Å². The minimum absolute atomic E-state index is 0.233. The lowest BCUT2D eigenvalue weighted by atomic mass is 10.1. The van der Waals surface area contributed by atoms with Crippen LogP contribution in [0.2, 0.25) is 10.0 Å². The molecule has 1 aliphatic rings. The molecule has 0 spiro atoms. The Kier molecular flexibility index (Phi) is 4.75. The van der Waals surface area contributed by atoms with Gasteiger partial charge in [0.1, 0.15) is 0 Å². The molecule has 0 radical (unpaired) electrons. The molecule has 1 aromatic heterocycles. The second kappa shape index (κ2) is 6.75. The molecular formula is C14H15Cl2N3O2. The van der Waals surface area contributed by atoms with Gasteiger partial charge in [0, 0.05) is 25.4 Å². The van der Waals surface area contributed by atoms with Crippen molar-refractivity contribution < 1.29 is 9.26 Å². The summed E-state index contributed by atoms with van der Waals surface area (Å²) in [5, 5.41) is 8.42. The summed E-state index contributed by atoms with van der Waals surface area (Å²) in [5.41, 5.74) is 0.996. The molecule has 1 aliphatic heterocycles. The zero-order chi connectivity index (χ0) is 14.7. The Morgan fingerprint density at radius 3 is 2.95 bits per heavy atom. The predicted octanol–water partition coefficient (Wildman–Crippen LogP) is 2.50. The first-order valence-corrected chi connectivity index (χ1v) is 7.53. The Morgan fingerprint density at radius 2 is 2.19 bits per heavy atom. The number of rotatable bonds is 4. The topological polar surface area (TPSA) is 60.2 Å². The fraction of sp³-hybridized carbons (Fsp3) is 0.429. The molecule has 0 bridgehead atoms. The van der Waals surface area contributed by atoms with E-state index < -0.39 is 0 Å². The van der Waals surface area contributed by atoms with E-state index in [1.165, 1.54) is 0 Å². The summed E-state index contributed by atoms with van der Waals surface area (Å²) in [6.45, 7) is 2.28. The molecule has 1 saturated heterocycles. The quantitative estimate of drug-likeness (QED) is 0.934. The number of nitrogens with zero attached hydrogens (tertiary/aromatic N) is 2. The van der Waals surface area contributed by atoms with Crippen LogP contribution in [-0.4, -0.2) is 35.9 Å². The zero-order valence-corrected chi connectivity index (χ0v) is 12.8. The van der Waals surface area contributed by atoms with E-state index in [0.717, 1.165) is 18.7 Å². The van der Waals surface area contributed by atoms with Crippen LogP contribution in [0.5, 0.6) is 0 Å². The number of benzene rings is 1. The van der Waals surface area contributed by atoms with Gasteiger partial charge in [0.2, 0.25) is 5.89 Å². The molecule has 3 rings (SSSR count). The Labute approximate surface area is 132 Å². The van der Waals surface area contributed by atoms with Crippen LogP contribution >= 0.6 is 23.2 Å². The van der Waals surface area contributed by atoms with Gasteiger partial charge in [0.15, 0.2) is 5.82 Å². The second-order valence-corrected chi connectivity index (χ2v) is 5.77. The first-order valence-electron chi connectivity index (χ1n) is 6.77. The SMILES string of the molecule is Clc1ccc(Cc2noc(CC3COCCN3)n2)cc1Cl. The van der Waals surface area contributed by atoms with E-state index in [1.807, 2.05) is 12.1 Å². The first-order chi connectivity index (χ1) is 10.2. The summed E-state index contributed by atoms with van der Waals surface area (Å²) in [5.74, 6) is 1.26. The van der Waals surface area contributed by atoms with Gasteiger partial charge in [-0.1, -0.05) is 34.4 Å². The minimum Gasteiger partial charge on any atom is -0.378 e. The standard InChI is InChI=1S/C14H15Cl2N3O2/c15-11-2-1-9(5-12(11)16)6-13-18-14(21-19-13)7-10-8-20-4-3-17-10/h1-2,5,10,17H,3-4,6-8H2. The molecule has 7 heteroatoms. The third-order valence-electron chi connectivity index (χ3n) is 3.28. The third kappa shape index (κ3) is 3.95. The Balaban J connectivity index is 1.62. The molecule has 1 fully saturated rings. The average molecular weight is 328 g/mol. The van der Waals surface area contributed by atoms with Crippen molar-refractivity contribution in [2.75, 3.05) is 19.8 Å². The highest BCUT2D eigenvalue weighted by Crippen LogP contribution is 2.23. The zero-order valence-electron chi connectivity index (χ0n) is 11.3. The van der Waals surface area contributed by atoms with Crippen LogP contribution in [0.25, 0.3) is 0 Å². The number of aromatic nitrogens is 2. The highest BCUT2D eigenvalue weighted by molar-refractivity contribution is 6.42. The molecule has 112 valence electrons. The highest BCUT2D eigenvalue weighted by Gasteiger charge is 2.17. The van der Waals surface area contributed by atoms with Crippen LogP contribution in [0, 0.1) is 0 Å². The lowest BCUT2D eigenvalue weighted by Crippen LogP contribution is -2.42. The van der Waals surface area contributed by atoms with Gasteiger partial charge in [-0.15, -0.1) is 0 Å². The highest BCUT2D eigenvalue weighted by atomic mass is 35.5. The summed E-state index contributed by atoms with van der Waals surface area (Å²) < 4.78 is 10.7. The summed E-state index contributed by atoms with van der Waals surface area (Å²) in [6, 6.07) is 5.72. The van der Waals surface area contributed by atoms with Gasteiger partial charge in [-0.05, 0) is 17.7 Å². The molecule has 0 aliphatic carbocycles. The monoisotopic (exact) mass is 327 g/mol. The fourth-order valence-electron chi connectivity index (χ4n) is 2.24. The number of ether oxygens (including phenoxy) is 1. The maximum absolute atomic E-state index is 6.00. The molecule has 1 atom stereocenters. The Bertz CT molecular complexity index is 612. The van der Waals surface area contributed by atoms with Crippen molar-refractivity contribution in [1.82, 2.24) is 15.5 Å². The summed E-state index contributed by atoms with van der Waals surface area (Å²) in [6.07, 6.45) is 1.24. The lowest BCUT2D eigenvalue weighted by Gasteiger charge is -2.22. The van der Waals surface area contributed by atoms with E-state index in [1.54, 1.807) is 6.07 Å². The molecule has 2 aromatic rings. The molecule has 1 aromatic carbocycles. The molecule has 0 saturated carbocycles. The van der Waals surface area contributed by atoms with Gasteiger partial charge in [0.05, 0.1) is 23.3 Å². The summed E-state index contributed by atoms with van der Waals surface area (Å²) >= 11 is 11.9. The largest absolute Gasteiger partial charge is 0.378 e. The van der Waals surface area contributed by atoms with Crippen molar-refractivity contribution in [2.45, 2.75) is 18.9 Å². The van der Waals surface area contributed by atoms with Crippen molar-refractivity contribution in [1.29, 1.82) is 0 Å². The second-order valence-electron chi connectivity index (χ2n) is 4.96. The Hall–Kier alpha value is -1.14. The number of hydrogen-bond acceptors (Lipinski definition) is 5. The van der Waals surface area contributed by atoms with Gasteiger partial charge in [0.25, 0.3) is 0 Å². The van der Waals surface area contributed by atoms with Crippen LogP contribution in [0.4, 0.5) is 0 Å². The van der Waals surface area contributed by atoms with Crippen molar-refractivity contribution in [2.24, 2.45) is 0 Å². The van der Waals surface area contributed by atoms with Crippen LogP contribution in [0.3, 0.4) is 0 Å². The van der Waals surface area contributed by atoms with Crippen molar-refractivity contribution in [3.63, 3.8) is 0 Å². The number of nitrogens with one attached hydrogen (secondary N) is 1. The first kappa shape index (κ1) is 14.8. The normalized spacial score (nSPS) is 18.9.